The normalized spacial score (nSPS) is 15.4. The molecule has 1 aromatic rings. The summed E-state index contributed by atoms with van der Waals surface area (Å²) in [6.45, 7) is 1.91. The van der Waals surface area contributed by atoms with E-state index in [1.54, 1.807) is 31.2 Å². The molecule has 1 atom stereocenters. The van der Waals surface area contributed by atoms with Crippen molar-refractivity contribution >= 4 is 33.7 Å². The number of rotatable bonds is 4. The molecule has 5 nitrogen and oxygen atoms in total. The van der Waals surface area contributed by atoms with E-state index < -0.39 is 10.8 Å². The summed E-state index contributed by atoms with van der Waals surface area (Å²) in [6.07, 6.45) is 0. The molecule has 0 saturated heterocycles. The largest absolute Gasteiger partial charge is 0.465 e. The second kappa shape index (κ2) is 5.52. The molecule has 2 amide bonds. The number of carbonyl (C=O) groups excluding carboxylic acids is 3. The van der Waals surface area contributed by atoms with E-state index in [1.807, 2.05) is 0 Å². The number of benzene rings is 1. The van der Waals surface area contributed by atoms with Gasteiger partial charge in [0.1, 0.15) is 4.83 Å². The summed E-state index contributed by atoms with van der Waals surface area (Å²) < 4.78 is 4.83. The lowest BCUT2D eigenvalue weighted by atomic mass is 10.1. The SMILES string of the molecule is CCOC(=O)[C@H](Br)CN1C(=O)c2ccccc2C1=O. The second-order valence-corrected chi connectivity index (χ2v) is 5.09. The van der Waals surface area contributed by atoms with Crippen LogP contribution in [0.4, 0.5) is 0 Å². The van der Waals surface area contributed by atoms with Crippen LogP contribution in [0.5, 0.6) is 0 Å². The molecule has 1 heterocycles. The average molecular weight is 326 g/mol. The first kappa shape index (κ1) is 13.7. The van der Waals surface area contributed by atoms with Gasteiger partial charge >= 0.3 is 5.97 Å². The molecule has 0 radical (unpaired) electrons. The molecule has 0 aliphatic carbocycles. The van der Waals surface area contributed by atoms with Crippen LogP contribution in [0.3, 0.4) is 0 Å². The van der Waals surface area contributed by atoms with Gasteiger partial charge in [0.05, 0.1) is 24.3 Å². The molecule has 0 N–H and O–H groups in total. The Morgan fingerprint density at radius 2 is 1.79 bits per heavy atom. The van der Waals surface area contributed by atoms with Gasteiger partial charge in [-0.3, -0.25) is 19.3 Å². The third-order valence-corrected chi connectivity index (χ3v) is 3.43. The summed E-state index contributed by atoms with van der Waals surface area (Å²) >= 11 is 3.13. The van der Waals surface area contributed by atoms with E-state index in [1.165, 1.54) is 0 Å². The standard InChI is InChI=1S/C13H12BrNO4/c1-2-19-13(18)10(14)7-15-11(16)8-5-3-4-6-9(8)12(15)17/h3-6,10H,2,7H2,1H3/t10-/m1/s1. The van der Waals surface area contributed by atoms with Gasteiger partial charge in [-0.15, -0.1) is 0 Å². The van der Waals surface area contributed by atoms with Crippen LogP contribution in [-0.2, 0) is 9.53 Å². The minimum Gasteiger partial charge on any atom is -0.465 e. The van der Waals surface area contributed by atoms with Gasteiger partial charge in [0, 0.05) is 0 Å². The molecule has 0 fully saturated rings. The van der Waals surface area contributed by atoms with Crippen molar-refractivity contribution in [3.05, 3.63) is 35.4 Å². The van der Waals surface area contributed by atoms with E-state index in [9.17, 15) is 14.4 Å². The van der Waals surface area contributed by atoms with Crippen molar-refractivity contribution < 1.29 is 19.1 Å². The summed E-state index contributed by atoms with van der Waals surface area (Å²) in [4.78, 5) is 36.0. The number of esters is 1. The van der Waals surface area contributed by atoms with Gasteiger partial charge in [-0.1, -0.05) is 28.1 Å². The average Bonchev–Trinajstić information content (AvgIpc) is 2.65. The van der Waals surface area contributed by atoms with Gasteiger partial charge in [-0.05, 0) is 19.1 Å². The molecule has 0 saturated carbocycles. The summed E-state index contributed by atoms with van der Waals surface area (Å²) in [6, 6.07) is 6.60. The number of nitrogens with zero attached hydrogens (tertiary/aromatic N) is 1. The lowest BCUT2D eigenvalue weighted by Gasteiger charge is -2.16. The summed E-state index contributed by atoms with van der Waals surface area (Å²) in [5.41, 5.74) is 0.743. The highest BCUT2D eigenvalue weighted by atomic mass is 79.9. The number of amides is 2. The Kier molecular flexibility index (Phi) is 3.99. The third kappa shape index (κ3) is 2.53. The Labute approximate surface area is 118 Å². The van der Waals surface area contributed by atoms with Crippen molar-refractivity contribution in [3.63, 3.8) is 0 Å². The highest BCUT2D eigenvalue weighted by molar-refractivity contribution is 9.10. The molecule has 0 unspecified atom stereocenters. The van der Waals surface area contributed by atoms with Crippen molar-refractivity contribution in [1.29, 1.82) is 0 Å². The summed E-state index contributed by atoms with van der Waals surface area (Å²) in [5.74, 6) is -1.25. The number of fused-ring (bicyclic) bond motifs is 1. The molecule has 19 heavy (non-hydrogen) atoms. The van der Waals surface area contributed by atoms with Gasteiger partial charge in [-0.25, -0.2) is 0 Å². The smallest absolute Gasteiger partial charge is 0.321 e. The van der Waals surface area contributed by atoms with E-state index in [-0.39, 0.29) is 25.0 Å². The quantitative estimate of drug-likeness (QED) is 0.479. The number of halogens is 1. The third-order valence-electron chi connectivity index (χ3n) is 2.76. The zero-order valence-corrected chi connectivity index (χ0v) is 11.8. The summed E-state index contributed by atoms with van der Waals surface area (Å²) in [5, 5.41) is 0. The van der Waals surface area contributed by atoms with Crippen LogP contribution in [0, 0.1) is 0 Å². The second-order valence-electron chi connectivity index (χ2n) is 3.99. The molecular weight excluding hydrogens is 314 g/mol. The fourth-order valence-electron chi connectivity index (χ4n) is 1.87. The van der Waals surface area contributed by atoms with Crippen molar-refractivity contribution in [1.82, 2.24) is 4.90 Å². The molecule has 1 aliphatic heterocycles. The van der Waals surface area contributed by atoms with E-state index in [0.717, 1.165) is 4.90 Å². The predicted molar refractivity (Wildman–Crippen MR) is 71.2 cm³/mol. The zero-order valence-electron chi connectivity index (χ0n) is 10.3. The Bertz CT molecular complexity index is 508. The van der Waals surface area contributed by atoms with Crippen molar-refractivity contribution in [2.75, 3.05) is 13.2 Å². The van der Waals surface area contributed by atoms with Gasteiger partial charge < -0.3 is 4.74 Å². The maximum absolute atomic E-state index is 12.1. The highest BCUT2D eigenvalue weighted by Gasteiger charge is 2.37. The topological polar surface area (TPSA) is 63.7 Å². The molecule has 0 bridgehead atoms. The Balaban J connectivity index is 2.14. The maximum Gasteiger partial charge on any atom is 0.321 e. The van der Waals surface area contributed by atoms with E-state index in [2.05, 4.69) is 15.9 Å². The highest BCUT2D eigenvalue weighted by Crippen LogP contribution is 2.23. The number of ether oxygens (including phenoxy) is 1. The van der Waals surface area contributed by atoms with Crippen LogP contribution in [0.25, 0.3) is 0 Å². The molecule has 1 aliphatic rings. The van der Waals surface area contributed by atoms with Crippen LogP contribution in [0.15, 0.2) is 24.3 Å². The van der Waals surface area contributed by atoms with Crippen LogP contribution in [0.1, 0.15) is 27.6 Å². The number of hydrogen-bond acceptors (Lipinski definition) is 4. The first-order valence-electron chi connectivity index (χ1n) is 5.82. The fourth-order valence-corrected chi connectivity index (χ4v) is 2.29. The maximum atomic E-state index is 12.1. The molecule has 2 rings (SSSR count). The Morgan fingerprint density at radius 1 is 1.26 bits per heavy atom. The van der Waals surface area contributed by atoms with Crippen LogP contribution in [-0.4, -0.2) is 40.7 Å². The van der Waals surface area contributed by atoms with Gasteiger partial charge in [0.25, 0.3) is 11.8 Å². The number of imide groups is 1. The first-order valence-corrected chi connectivity index (χ1v) is 6.73. The minimum atomic E-state index is -0.713. The molecule has 0 spiro atoms. The van der Waals surface area contributed by atoms with Gasteiger partial charge in [0.15, 0.2) is 0 Å². The minimum absolute atomic E-state index is 0.0365. The molecule has 0 aromatic heterocycles. The van der Waals surface area contributed by atoms with Gasteiger partial charge in [0.2, 0.25) is 0 Å². The Morgan fingerprint density at radius 3 is 2.26 bits per heavy atom. The van der Waals surface area contributed by atoms with Crippen molar-refractivity contribution in [2.45, 2.75) is 11.8 Å². The van der Waals surface area contributed by atoms with Crippen LogP contribution in [0.2, 0.25) is 0 Å². The monoisotopic (exact) mass is 325 g/mol. The number of hydrogen-bond donors (Lipinski definition) is 0. The number of carbonyl (C=O) groups is 3. The summed E-state index contributed by atoms with van der Waals surface area (Å²) in [7, 11) is 0. The van der Waals surface area contributed by atoms with E-state index in [0.29, 0.717) is 11.1 Å². The first-order chi connectivity index (χ1) is 9.06. The predicted octanol–water partition coefficient (Wildman–Crippen LogP) is 1.61. The number of alkyl halides is 1. The Hall–Kier alpha value is -1.69. The van der Waals surface area contributed by atoms with Crippen LogP contribution < -0.4 is 0 Å². The van der Waals surface area contributed by atoms with Crippen molar-refractivity contribution in [2.24, 2.45) is 0 Å². The zero-order chi connectivity index (χ0) is 14.0. The molecule has 6 heteroatoms. The van der Waals surface area contributed by atoms with Gasteiger partial charge in [-0.2, -0.15) is 0 Å². The molecular formula is C13H12BrNO4. The molecule has 1 aromatic carbocycles. The van der Waals surface area contributed by atoms with Crippen molar-refractivity contribution in [3.8, 4) is 0 Å². The van der Waals surface area contributed by atoms with Crippen LogP contribution >= 0.6 is 15.9 Å². The van der Waals surface area contributed by atoms with E-state index in [4.69, 9.17) is 4.74 Å². The lowest BCUT2D eigenvalue weighted by Crippen LogP contribution is -2.38. The molecule has 100 valence electrons. The lowest BCUT2D eigenvalue weighted by molar-refractivity contribution is -0.142. The van der Waals surface area contributed by atoms with E-state index >= 15 is 0 Å². The fraction of sp³-hybridized carbons (Fsp3) is 0.308.